The maximum absolute atomic E-state index is 9.08. The first-order valence-electron chi connectivity index (χ1n) is 13.9. The Kier molecular flexibility index (Phi) is 8.24. The minimum Gasteiger partial charge on any atom is -0.340 e. The van der Waals surface area contributed by atoms with Gasteiger partial charge in [0.15, 0.2) is 6.20 Å². The smallest absolute Gasteiger partial charge is 0.302 e. The highest BCUT2D eigenvalue weighted by atomic mass is 32.2. The first-order chi connectivity index (χ1) is 20.7. The molecule has 6 rings (SSSR count). The number of aromatic nitrogens is 1. The van der Waals surface area contributed by atoms with Crippen molar-refractivity contribution < 1.29 is 14.7 Å². The standard InChI is InChI=1S/C37H28N2O2S/c1-2-3-15-32(27-41-40)38-25-23-30(33-16-7-8-17-34(33)38)21-19-29(26-28-11-5-4-6-12-28)20-22-36-39-24-10-14-31-13-9-18-35(42-36)37(31)39/h1,4-9,11-13,16-23,25,27H,10,14,24,26H2/p+1. The molecule has 204 valence electrons. The molecule has 0 bridgehead atoms. The lowest BCUT2D eigenvalue weighted by Gasteiger charge is -2.27. The Morgan fingerprint density at radius 1 is 1.05 bits per heavy atom. The second-order valence-electron chi connectivity index (χ2n) is 10.0. The van der Waals surface area contributed by atoms with Crippen LogP contribution in [0.1, 0.15) is 23.1 Å². The lowest BCUT2D eigenvalue weighted by Crippen LogP contribution is -2.32. The van der Waals surface area contributed by atoms with Crippen molar-refractivity contribution >= 4 is 40.1 Å². The molecule has 1 aromatic heterocycles. The predicted molar refractivity (Wildman–Crippen MR) is 172 cm³/mol. The van der Waals surface area contributed by atoms with Crippen LogP contribution in [0.5, 0.6) is 0 Å². The van der Waals surface area contributed by atoms with Gasteiger partial charge in [-0.3, -0.25) is 0 Å². The van der Waals surface area contributed by atoms with Crippen molar-refractivity contribution in [2.24, 2.45) is 0 Å². The van der Waals surface area contributed by atoms with Gasteiger partial charge in [0.2, 0.25) is 11.8 Å². The SMILES string of the molecule is C#CC#CC(=COO)[n+]1ccc(C=CC(=CC=C2Sc3cccc4c3N2CCC4)Cc2ccccc2)c2ccccc21. The van der Waals surface area contributed by atoms with Crippen LogP contribution in [0.3, 0.4) is 0 Å². The summed E-state index contributed by atoms with van der Waals surface area (Å²) in [6.45, 7) is 1.06. The quantitative estimate of drug-likeness (QED) is 0.0624. The fourth-order valence-electron chi connectivity index (χ4n) is 5.49. The Balaban J connectivity index is 1.37. The van der Waals surface area contributed by atoms with Gasteiger partial charge in [-0.1, -0.05) is 84.6 Å². The number of hydrogen-bond donors (Lipinski definition) is 1. The second kappa shape index (κ2) is 12.7. The molecule has 3 heterocycles. The summed E-state index contributed by atoms with van der Waals surface area (Å²) in [5.41, 5.74) is 7.70. The fourth-order valence-corrected chi connectivity index (χ4v) is 6.63. The van der Waals surface area contributed by atoms with Crippen LogP contribution < -0.4 is 9.47 Å². The zero-order valence-corrected chi connectivity index (χ0v) is 23.9. The van der Waals surface area contributed by atoms with Crippen LogP contribution >= 0.6 is 11.8 Å². The predicted octanol–water partition coefficient (Wildman–Crippen LogP) is 7.63. The van der Waals surface area contributed by atoms with Crippen LogP contribution in [0.2, 0.25) is 0 Å². The average molecular weight is 566 g/mol. The molecule has 0 fully saturated rings. The number of pyridine rings is 1. The van der Waals surface area contributed by atoms with E-state index in [1.54, 1.807) is 0 Å². The maximum atomic E-state index is 9.08. The molecule has 0 radical (unpaired) electrons. The summed E-state index contributed by atoms with van der Waals surface area (Å²) in [7, 11) is 0. The highest BCUT2D eigenvalue weighted by Crippen LogP contribution is 2.49. The number of terminal acetylenes is 1. The van der Waals surface area contributed by atoms with E-state index < -0.39 is 0 Å². The van der Waals surface area contributed by atoms with Crippen molar-refractivity contribution in [3.8, 4) is 24.2 Å². The van der Waals surface area contributed by atoms with E-state index in [0.717, 1.165) is 35.9 Å². The summed E-state index contributed by atoms with van der Waals surface area (Å²) < 4.78 is 1.85. The van der Waals surface area contributed by atoms with Crippen LogP contribution in [0, 0.1) is 24.2 Å². The van der Waals surface area contributed by atoms with Gasteiger partial charge < -0.3 is 9.79 Å². The highest BCUT2D eigenvalue weighted by molar-refractivity contribution is 8.03. The molecule has 5 heteroatoms. The van der Waals surface area contributed by atoms with Gasteiger partial charge in [0.05, 0.1) is 16.1 Å². The Labute approximate surface area is 250 Å². The van der Waals surface area contributed by atoms with Gasteiger partial charge in [0.25, 0.3) is 0 Å². The molecule has 0 saturated heterocycles. The minimum absolute atomic E-state index is 0.425. The maximum Gasteiger partial charge on any atom is 0.302 e. The number of para-hydroxylation sites is 2. The van der Waals surface area contributed by atoms with E-state index in [1.165, 1.54) is 45.0 Å². The lowest BCUT2D eigenvalue weighted by atomic mass is 10.0. The molecule has 0 saturated carbocycles. The summed E-state index contributed by atoms with van der Waals surface area (Å²) in [5, 5.41) is 11.4. The van der Waals surface area contributed by atoms with E-state index in [0.29, 0.717) is 5.70 Å². The molecule has 2 aliphatic rings. The summed E-state index contributed by atoms with van der Waals surface area (Å²) in [5.74, 6) is 7.76. The third kappa shape index (κ3) is 5.76. The number of benzene rings is 3. The number of anilines is 1. The Morgan fingerprint density at radius 3 is 2.76 bits per heavy atom. The molecule has 1 N–H and O–H groups in total. The van der Waals surface area contributed by atoms with E-state index in [2.05, 4.69) is 106 Å². The van der Waals surface area contributed by atoms with Crippen molar-refractivity contribution in [3.05, 3.63) is 137 Å². The van der Waals surface area contributed by atoms with Crippen LogP contribution in [-0.4, -0.2) is 11.8 Å². The Morgan fingerprint density at radius 2 is 1.90 bits per heavy atom. The van der Waals surface area contributed by atoms with Crippen molar-refractivity contribution in [1.29, 1.82) is 0 Å². The second-order valence-corrected chi connectivity index (χ2v) is 11.1. The number of aryl methyl sites for hydroxylation is 1. The molecule has 4 nitrogen and oxygen atoms in total. The summed E-state index contributed by atoms with van der Waals surface area (Å²) in [6.07, 6.45) is 20.4. The number of rotatable bonds is 7. The molecule has 0 unspecified atom stereocenters. The molecule has 0 aliphatic carbocycles. The fraction of sp³-hybridized carbons (Fsp3) is 0.108. The van der Waals surface area contributed by atoms with E-state index in [4.69, 9.17) is 11.7 Å². The molecule has 0 atom stereocenters. The van der Waals surface area contributed by atoms with Gasteiger partial charge in [-0.15, -0.1) is 11.0 Å². The summed E-state index contributed by atoms with van der Waals surface area (Å²) in [6, 6.07) is 27.3. The number of fused-ring (bicyclic) bond motifs is 1. The molecule has 2 aliphatic heterocycles. The van der Waals surface area contributed by atoms with Gasteiger partial charge in [0, 0.05) is 29.5 Å². The van der Waals surface area contributed by atoms with Crippen LogP contribution in [0.25, 0.3) is 22.7 Å². The van der Waals surface area contributed by atoms with E-state index in [-0.39, 0.29) is 0 Å². The number of thioether (sulfide) groups is 1. The highest BCUT2D eigenvalue weighted by Gasteiger charge is 2.29. The van der Waals surface area contributed by atoms with Crippen LogP contribution in [0.15, 0.2) is 125 Å². The van der Waals surface area contributed by atoms with Gasteiger partial charge in [-0.05, 0) is 71.6 Å². The molecular weight excluding hydrogens is 536 g/mol. The third-order valence-electron chi connectivity index (χ3n) is 7.39. The van der Waals surface area contributed by atoms with Crippen molar-refractivity contribution in [2.45, 2.75) is 24.2 Å². The van der Waals surface area contributed by atoms with E-state index >= 15 is 0 Å². The van der Waals surface area contributed by atoms with Gasteiger partial charge in [0.1, 0.15) is 0 Å². The van der Waals surface area contributed by atoms with Crippen molar-refractivity contribution in [3.63, 3.8) is 0 Å². The zero-order chi connectivity index (χ0) is 28.7. The van der Waals surface area contributed by atoms with Gasteiger partial charge in [-0.25, -0.2) is 5.26 Å². The summed E-state index contributed by atoms with van der Waals surface area (Å²) >= 11 is 1.86. The topological polar surface area (TPSA) is 36.6 Å². The Bertz CT molecular complexity index is 1870. The lowest BCUT2D eigenvalue weighted by molar-refractivity contribution is -0.550. The van der Waals surface area contributed by atoms with E-state index in [1.807, 2.05) is 46.8 Å². The van der Waals surface area contributed by atoms with Crippen molar-refractivity contribution in [1.82, 2.24) is 0 Å². The number of nitrogens with zero attached hydrogens (tertiary/aromatic N) is 2. The number of hydrogen-bond acceptors (Lipinski definition) is 4. The molecule has 4 aromatic rings. The molecule has 0 amide bonds. The zero-order valence-electron chi connectivity index (χ0n) is 23.0. The van der Waals surface area contributed by atoms with Crippen LogP contribution in [0.4, 0.5) is 5.69 Å². The first kappa shape index (κ1) is 27.2. The number of allylic oxidation sites excluding steroid dienone is 5. The molecule has 42 heavy (non-hydrogen) atoms. The van der Waals surface area contributed by atoms with Crippen LogP contribution in [-0.2, 0) is 17.7 Å². The van der Waals surface area contributed by atoms with E-state index in [9.17, 15) is 0 Å². The van der Waals surface area contributed by atoms with Crippen molar-refractivity contribution in [2.75, 3.05) is 11.4 Å². The monoisotopic (exact) mass is 565 g/mol. The van der Waals surface area contributed by atoms with Gasteiger partial charge >= 0.3 is 5.70 Å². The normalized spacial score (nSPS) is 15.4. The van der Waals surface area contributed by atoms with Gasteiger partial charge in [-0.2, -0.15) is 0 Å². The molecule has 0 spiro atoms. The molecular formula is C37H29N2O2S+. The molecule has 3 aromatic carbocycles. The average Bonchev–Trinajstić information content (AvgIpc) is 3.40. The first-order valence-corrected chi connectivity index (χ1v) is 14.7. The largest absolute Gasteiger partial charge is 0.340 e. The minimum atomic E-state index is 0.425. The third-order valence-corrected chi connectivity index (χ3v) is 8.51. The Hall–Kier alpha value is -4.94. The summed E-state index contributed by atoms with van der Waals surface area (Å²) in [4.78, 5) is 8.13.